The molecule has 2 heterocycles. The van der Waals surface area contributed by atoms with Crippen LogP contribution in [0.5, 0.6) is 11.6 Å². The molecule has 0 saturated heterocycles. The highest BCUT2D eigenvalue weighted by molar-refractivity contribution is 6.01. The minimum Gasteiger partial charge on any atom is -0.438 e. The van der Waals surface area contributed by atoms with E-state index in [2.05, 4.69) is 10.3 Å². The average molecular weight is 418 g/mol. The highest BCUT2D eigenvalue weighted by atomic mass is 16.5. The van der Waals surface area contributed by atoms with Crippen LogP contribution in [0, 0.1) is 11.3 Å². The molecule has 0 aliphatic heterocycles. The van der Waals surface area contributed by atoms with Crippen LogP contribution in [0.2, 0.25) is 0 Å². The Hall–Kier alpha value is -3.96. The van der Waals surface area contributed by atoms with Crippen molar-refractivity contribution in [1.82, 2.24) is 14.7 Å². The minimum absolute atomic E-state index is 0.00158. The first-order valence-electron chi connectivity index (χ1n) is 9.74. The quantitative estimate of drug-likeness (QED) is 0.343. The molecule has 8 heteroatoms. The van der Waals surface area contributed by atoms with Gasteiger partial charge in [0.15, 0.2) is 0 Å². The molecule has 8 nitrogen and oxygen atoms in total. The first kappa shape index (κ1) is 21.7. The number of ether oxygens (including phenoxy) is 2. The Labute approximate surface area is 179 Å². The number of nitriles is 1. The number of carbonyl (C=O) groups is 1. The lowest BCUT2D eigenvalue weighted by atomic mass is 10.1. The monoisotopic (exact) mass is 418 g/mol. The first-order chi connectivity index (χ1) is 15.1. The summed E-state index contributed by atoms with van der Waals surface area (Å²) < 4.78 is 12.1. The maximum atomic E-state index is 13.1. The summed E-state index contributed by atoms with van der Waals surface area (Å²) in [7, 11) is 1.51. The fourth-order valence-corrected chi connectivity index (χ4v) is 2.84. The predicted molar refractivity (Wildman–Crippen MR) is 116 cm³/mol. The van der Waals surface area contributed by atoms with Gasteiger partial charge >= 0.3 is 0 Å². The maximum absolute atomic E-state index is 13.1. The summed E-state index contributed by atoms with van der Waals surface area (Å²) in [6, 6.07) is 14.3. The van der Waals surface area contributed by atoms with Crippen molar-refractivity contribution < 1.29 is 14.3 Å². The van der Waals surface area contributed by atoms with Crippen molar-refractivity contribution in [3.8, 4) is 17.7 Å². The lowest BCUT2D eigenvalue weighted by molar-refractivity contribution is -0.117. The van der Waals surface area contributed by atoms with Crippen molar-refractivity contribution in [2.75, 3.05) is 20.3 Å². The van der Waals surface area contributed by atoms with E-state index in [0.29, 0.717) is 18.0 Å². The van der Waals surface area contributed by atoms with Crippen molar-refractivity contribution >= 4 is 17.6 Å². The molecule has 1 aromatic carbocycles. The molecule has 0 aliphatic carbocycles. The van der Waals surface area contributed by atoms with E-state index in [0.717, 1.165) is 12.0 Å². The third-order valence-corrected chi connectivity index (χ3v) is 4.53. The smallest absolute Gasteiger partial charge is 0.269 e. The Balaban J connectivity index is 2.08. The number of carbonyl (C=O) groups excluding carboxylic acids is 1. The van der Waals surface area contributed by atoms with Crippen LogP contribution in [0.3, 0.4) is 0 Å². The second kappa shape index (κ2) is 10.2. The average Bonchev–Trinajstić information content (AvgIpc) is 2.79. The molecule has 0 spiro atoms. The third kappa shape index (κ3) is 5.15. The van der Waals surface area contributed by atoms with Crippen LogP contribution in [0.25, 0.3) is 11.7 Å². The maximum Gasteiger partial charge on any atom is 0.269 e. The zero-order valence-corrected chi connectivity index (χ0v) is 17.3. The molecule has 0 radical (unpaired) electrons. The molecular weight excluding hydrogens is 396 g/mol. The molecule has 3 aromatic rings. The fourth-order valence-electron chi connectivity index (χ4n) is 2.84. The number of methoxy groups -OCH3 is 1. The first-order valence-corrected chi connectivity index (χ1v) is 9.74. The molecule has 3 rings (SSSR count). The Kier molecular flexibility index (Phi) is 7.14. The Morgan fingerprint density at radius 3 is 2.71 bits per heavy atom. The van der Waals surface area contributed by atoms with Gasteiger partial charge in [0.1, 0.15) is 28.6 Å². The van der Waals surface area contributed by atoms with Gasteiger partial charge in [-0.2, -0.15) is 10.2 Å². The van der Waals surface area contributed by atoms with Gasteiger partial charge in [0.25, 0.3) is 11.5 Å². The van der Waals surface area contributed by atoms with E-state index in [4.69, 9.17) is 9.47 Å². The molecule has 0 saturated carbocycles. The number of benzene rings is 1. The number of hydrogen-bond acceptors (Lipinski definition) is 6. The van der Waals surface area contributed by atoms with Gasteiger partial charge in [0.05, 0.1) is 6.61 Å². The van der Waals surface area contributed by atoms with Crippen molar-refractivity contribution in [2.45, 2.75) is 13.3 Å². The van der Waals surface area contributed by atoms with Gasteiger partial charge in [-0.05, 0) is 42.3 Å². The Morgan fingerprint density at radius 2 is 2.03 bits per heavy atom. The van der Waals surface area contributed by atoms with E-state index >= 15 is 0 Å². The molecule has 0 fully saturated rings. The molecular formula is C23H22N4O4. The molecule has 1 amide bonds. The normalized spacial score (nSPS) is 11.2. The number of amides is 1. The van der Waals surface area contributed by atoms with Gasteiger partial charge in [0, 0.05) is 19.9 Å². The summed E-state index contributed by atoms with van der Waals surface area (Å²) >= 11 is 0. The molecule has 0 atom stereocenters. The van der Waals surface area contributed by atoms with E-state index < -0.39 is 11.5 Å². The molecule has 31 heavy (non-hydrogen) atoms. The topological polar surface area (TPSA) is 106 Å². The zero-order chi connectivity index (χ0) is 22.2. The van der Waals surface area contributed by atoms with Gasteiger partial charge in [0.2, 0.25) is 5.88 Å². The van der Waals surface area contributed by atoms with Gasteiger partial charge in [-0.25, -0.2) is 0 Å². The number of nitrogens with zero attached hydrogens (tertiary/aromatic N) is 3. The van der Waals surface area contributed by atoms with Crippen LogP contribution < -0.4 is 15.6 Å². The van der Waals surface area contributed by atoms with Gasteiger partial charge < -0.3 is 14.8 Å². The van der Waals surface area contributed by atoms with Crippen LogP contribution in [-0.4, -0.2) is 35.6 Å². The second-order valence-electron chi connectivity index (χ2n) is 6.58. The van der Waals surface area contributed by atoms with E-state index in [-0.39, 0.29) is 23.6 Å². The molecule has 1 N–H and O–H groups in total. The third-order valence-electron chi connectivity index (χ3n) is 4.53. The largest absolute Gasteiger partial charge is 0.438 e. The summed E-state index contributed by atoms with van der Waals surface area (Å²) in [6.45, 7) is 2.58. The van der Waals surface area contributed by atoms with Crippen LogP contribution >= 0.6 is 0 Å². The van der Waals surface area contributed by atoms with Crippen LogP contribution in [-0.2, 0) is 16.0 Å². The van der Waals surface area contributed by atoms with Gasteiger partial charge in [-0.1, -0.05) is 25.1 Å². The van der Waals surface area contributed by atoms with Crippen molar-refractivity contribution in [1.29, 1.82) is 5.26 Å². The molecule has 0 unspecified atom stereocenters. The molecule has 0 bridgehead atoms. The number of nitrogens with one attached hydrogen (secondary N) is 1. The minimum atomic E-state index is -0.615. The lowest BCUT2D eigenvalue weighted by Gasteiger charge is -2.11. The predicted octanol–water partition coefficient (Wildman–Crippen LogP) is 2.72. The number of aryl methyl sites for hydroxylation is 1. The molecule has 2 aromatic heterocycles. The highest BCUT2D eigenvalue weighted by Crippen LogP contribution is 2.24. The van der Waals surface area contributed by atoms with E-state index in [1.54, 1.807) is 36.5 Å². The summed E-state index contributed by atoms with van der Waals surface area (Å²) in [5, 5.41) is 12.0. The second-order valence-corrected chi connectivity index (χ2v) is 6.58. The van der Waals surface area contributed by atoms with Crippen molar-refractivity contribution in [2.24, 2.45) is 0 Å². The van der Waals surface area contributed by atoms with E-state index in [1.165, 1.54) is 17.6 Å². The van der Waals surface area contributed by atoms with Crippen molar-refractivity contribution in [3.63, 3.8) is 0 Å². The van der Waals surface area contributed by atoms with E-state index in [1.807, 2.05) is 25.1 Å². The van der Waals surface area contributed by atoms with Crippen LogP contribution in [0.1, 0.15) is 18.1 Å². The lowest BCUT2D eigenvalue weighted by Crippen LogP contribution is -2.28. The number of fused-ring (bicyclic) bond motifs is 1. The fraction of sp³-hybridized carbons (Fsp3) is 0.217. The number of hydrogen-bond donors (Lipinski definition) is 1. The zero-order valence-electron chi connectivity index (χ0n) is 17.3. The van der Waals surface area contributed by atoms with Crippen molar-refractivity contribution in [3.05, 3.63) is 75.7 Å². The summed E-state index contributed by atoms with van der Waals surface area (Å²) in [5.41, 5.74) is 0.827. The number of aromatic nitrogens is 2. The SMILES string of the molecule is CCc1ccc(Oc2nc3ccccn3c(=O)c2C=C(C#N)C(=O)NCCOC)cc1. The number of rotatable bonds is 8. The van der Waals surface area contributed by atoms with Crippen LogP contribution in [0.15, 0.2) is 59.0 Å². The molecule has 158 valence electrons. The van der Waals surface area contributed by atoms with Gasteiger partial charge in [-0.3, -0.25) is 14.0 Å². The standard InChI is InChI=1S/C23H22N4O4/c1-3-16-7-9-18(10-8-16)31-22-19(14-17(15-24)21(28)25-11-13-30-2)23(29)27-12-5-4-6-20(27)26-22/h4-10,12,14H,3,11,13H2,1-2H3,(H,25,28). The summed E-state index contributed by atoms with van der Waals surface area (Å²) in [4.78, 5) is 29.9. The van der Waals surface area contributed by atoms with E-state index in [9.17, 15) is 14.9 Å². The summed E-state index contributed by atoms with van der Waals surface area (Å²) in [6.07, 6.45) is 3.65. The Morgan fingerprint density at radius 1 is 1.26 bits per heavy atom. The van der Waals surface area contributed by atoms with Gasteiger partial charge in [-0.15, -0.1) is 0 Å². The molecule has 0 aliphatic rings. The Bertz CT molecular complexity index is 1210. The van der Waals surface area contributed by atoms with Crippen LogP contribution in [0.4, 0.5) is 0 Å². The number of pyridine rings is 1. The summed E-state index contributed by atoms with van der Waals surface area (Å²) in [5.74, 6) is -0.115. The highest BCUT2D eigenvalue weighted by Gasteiger charge is 2.17.